The summed E-state index contributed by atoms with van der Waals surface area (Å²) < 4.78 is 0. The quantitative estimate of drug-likeness (QED) is 0.768. The number of rotatable bonds is 3. The van der Waals surface area contributed by atoms with Gasteiger partial charge >= 0.3 is 0 Å². The number of nitrogens with zero attached hydrogens (tertiary/aromatic N) is 3. The number of carbonyl (C=O) groups is 1. The summed E-state index contributed by atoms with van der Waals surface area (Å²) in [5.41, 5.74) is 4.96. The summed E-state index contributed by atoms with van der Waals surface area (Å²) in [6.07, 6.45) is 0. The molecule has 1 N–H and O–H groups in total. The SMILES string of the molecule is CN1CCN(Cc2ccc3nc(C4C(=O)Nc5ccccc54)ccc3c2)CC1. The molecule has 1 aromatic heterocycles. The Hall–Kier alpha value is -2.76. The van der Waals surface area contributed by atoms with Gasteiger partial charge in [0.1, 0.15) is 5.92 Å². The highest BCUT2D eigenvalue weighted by Crippen LogP contribution is 2.36. The summed E-state index contributed by atoms with van der Waals surface area (Å²) in [6, 6.07) is 18.4. The van der Waals surface area contributed by atoms with Gasteiger partial charge in [-0.05, 0) is 42.4 Å². The fourth-order valence-electron chi connectivity index (χ4n) is 4.22. The Kier molecular flexibility index (Phi) is 4.34. The van der Waals surface area contributed by atoms with Gasteiger partial charge in [-0.3, -0.25) is 14.7 Å². The fraction of sp³-hybridized carbons (Fsp3) is 0.304. The number of pyridine rings is 1. The molecule has 2 aromatic carbocycles. The first-order valence-electron chi connectivity index (χ1n) is 9.88. The highest BCUT2D eigenvalue weighted by Gasteiger charge is 2.32. The number of piperazine rings is 1. The molecule has 1 atom stereocenters. The number of fused-ring (bicyclic) bond motifs is 2. The van der Waals surface area contributed by atoms with Gasteiger partial charge in [0.05, 0.1) is 11.2 Å². The molecule has 1 saturated heterocycles. The Morgan fingerprint density at radius 2 is 1.86 bits per heavy atom. The Labute approximate surface area is 165 Å². The Bertz CT molecular complexity index is 1040. The van der Waals surface area contributed by atoms with E-state index in [1.54, 1.807) is 0 Å². The maximum absolute atomic E-state index is 12.5. The van der Waals surface area contributed by atoms with E-state index in [4.69, 9.17) is 4.98 Å². The van der Waals surface area contributed by atoms with Crippen molar-refractivity contribution in [2.24, 2.45) is 0 Å². The smallest absolute Gasteiger partial charge is 0.238 e. The largest absolute Gasteiger partial charge is 0.325 e. The van der Waals surface area contributed by atoms with Gasteiger partial charge < -0.3 is 10.2 Å². The summed E-state index contributed by atoms with van der Waals surface area (Å²) in [5.74, 6) is -0.328. The molecule has 0 saturated carbocycles. The van der Waals surface area contributed by atoms with Crippen molar-refractivity contribution in [2.45, 2.75) is 12.5 Å². The third-order valence-electron chi connectivity index (χ3n) is 5.86. The number of amides is 1. The number of hydrogen-bond acceptors (Lipinski definition) is 4. The van der Waals surface area contributed by atoms with E-state index in [0.29, 0.717) is 0 Å². The van der Waals surface area contributed by atoms with Crippen molar-refractivity contribution in [3.63, 3.8) is 0 Å². The lowest BCUT2D eigenvalue weighted by Gasteiger charge is -2.32. The van der Waals surface area contributed by atoms with Crippen molar-refractivity contribution in [1.82, 2.24) is 14.8 Å². The normalized spacial score (nSPS) is 20.3. The van der Waals surface area contributed by atoms with Gasteiger partial charge in [0.25, 0.3) is 0 Å². The van der Waals surface area contributed by atoms with Crippen molar-refractivity contribution in [3.8, 4) is 0 Å². The number of anilines is 1. The van der Waals surface area contributed by atoms with Gasteiger partial charge in [-0.1, -0.05) is 30.3 Å². The van der Waals surface area contributed by atoms with E-state index >= 15 is 0 Å². The van der Waals surface area contributed by atoms with Gasteiger partial charge in [0.15, 0.2) is 0 Å². The second kappa shape index (κ2) is 7.00. The minimum atomic E-state index is -0.328. The molecule has 3 aromatic rings. The van der Waals surface area contributed by atoms with Crippen molar-refractivity contribution < 1.29 is 4.79 Å². The second-order valence-corrected chi connectivity index (χ2v) is 7.85. The first kappa shape index (κ1) is 17.3. The molecule has 0 radical (unpaired) electrons. The minimum absolute atomic E-state index is 0.000244. The number of para-hydroxylation sites is 1. The van der Waals surface area contributed by atoms with Gasteiger partial charge in [-0.2, -0.15) is 0 Å². The molecule has 0 bridgehead atoms. The molecule has 28 heavy (non-hydrogen) atoms. The summed E-state index contributed by atoms with van der Waals surface area (Å²) in [7, 11) is 2.18. The molecule has 1 unspecified atom stereocenters. The molecule has 0 spiro atoms. The van der Waals surface area contributed by atoms with E-state index in [1.165, 1.54) is 5.56 Å². The maximum Gasteiger partial charge on any atom is 0.238 e. The third-order valence-corrected chi connectivity index (χ3v) is 5.86. The van der Waals surface area contributed by atoms with Crippen LogP contribution < -0.4 is 5.32 Å². The van der Waals surface area contributed by atoms with Crippen LogP contribution in [0.2, 0.25) is 0 Å². The molecule has 0 aliphatic carbocycles. The minimum Gasteiger partial charge on any atom is -0.325 e. The molecule has 5 nitrogen and oxygen atoms in total. The Morgan fingerprint density at radius 1 is 1.04 bits per heavy atom. The van der Waals surface area contributed by atoms with E-state index in [0.717, 1.165) is 60.6 Å². The Morgan fingerprint density at radius 3 is 2.71 bits per heavy atom. The maximum atomic E-state index is 12.5. The first-order chi connectivity index (χ1) is 13.7. The lowest BCUT2D eigenvalue weighted by atomic mass is 9.96. The zero-order chi connectivity index (χ0) is 19.1. The highest BCUT2D eigenvalue weighted by atomic mass is 16.2. The van der Waals surface area contributed by atoms with Crippen LogP contribution in [0.25, 0.3) is 10.9 Å². The van der Waals surface area contributed by atoms with Gasteiger partial charge in [-0.15, -0.1) is 0 Å². The zero-order valence-corrected chi connectivity index (χ0v) is 16.1. The van der Waals surface area contributed by atoms with Crippen LogP contribution in [0.5, 0.6) is 0 Å². The molecule has 1 amide bonds. The van der Waals surface area contributed by atoms with Crippen LogP contribution in [0.15, 0.2) is 54.6 Å². The third kappa shape index (κ3) is 3.17. The molecule has 2 aliphatic heterocycles. The molecule has 3 heterocycles. The van der Waals surface area contributed by atoms with Crippen molar-refractivity contribution in [3.05, 3.63) is 71.4 Å². The summed E-state index contributed by atoms with van der Waals surface area (Å²) in [6.45, 7) is 5.46. The van der Waals surface area contributed by atoms with Crippen LogP contribution in [-0.2, 0) is 11.3 Å². The predicted octanol–water partition coefficient (Wildman–Crippen LogP) is 3.07. The van der Waals surface area contributed by atoms with Crippen LogP contribution in [0.3, 0.4) is 0 Å². The van der Waals surface area contributed by atoms with Crippen molar-refractivity contribution >= 4 is 22.5 Å². The molecule has 5 heteroatoms. The predicted molar refractivity (Wildman–Crippen MR) is 111 cm³/mol. The van der Waals surface area contributed by atoms with Crippen LogP contribution >= 0.6 is 0 Å². The molecule has 5 rings (SSSR count). The summed E-state index contributed by atoms with van der Waals surface area (Å²) >= 11 is 0. The van der Waals surface area contributed by atoms with Crippen LogP contribution in [0.4, 0.5) is 5.69 Å². The van der Waals surface area contributed by atoms with Gasteiger partial charge in [0.2, 0.25) is 5.91 Å². The lowest BCUT2D eigenvalue weighted by molar-refractivity contribution is -0.116. The standard InChI is InChI=1S/C23H24N4O/c1-26-10-12-27(13-11-26)15-16-6-8-19-17(14-16)7-9-21(24-19)22-18-4-2-3-5-20(18)25-23(22)28/h2-9,14,22H,10-13,15H2,1H3,(H,25,28). The van der Waals surface area contributed by atoms with E-state index in [9.17, 15) is 4.79 Å². The van der Waals surface area contributed by atoms with E-state index in [-0.39, 0.29) is 11.8 Å². The van der Waals surface area contributed by atoms with Crippen molar-refractivity contribution in [2.75, 3.05) is 38.5 Å². The van der Waals surface area contributed by atoms with Gasteiger partial charge in [-0.25, -0.2) is 0 Å². The zero-order valence-electron chi connectivity index (χ0n) is 16.1. The number of carbonyl (C=O) groups excluding carboxylic acids is 1. The molecular weight excluding hydrogens is 348 g/mol. The van der Waals surface area contributed by atoms with Crippen LogP contribution in [0, 0.1) is 0 Å². The number of aromatic nitrogens is 1. The first-order valence-corrected chi connectivity index (χ1v) is 9.88. The second-order valence-electron chi connectivity index (χ2n) is 7.85. The topological polar surface area (TPSA) is 48.5 Å². The number of likely N-dealkylation sites (N-methyl/N-ethyl adjacent to an activating group) is 1. The number of hydrogen-bond donors (Lipinski definition) is 1. The fourth-order valence-corrected chi connectivity index (χ4v) is 4.22. The monoisotopic (exact) mass is 372 g/mol. The molecular formula is C23H24N4O. The van der Waals surface area contributed by atoms with Crippen molar-refractivity contribution in [1.29, 1.82) is 0 Å². The van der Waals surface area contributed by atoms with E-state index in [2.05, 4.69) is 46.4 Å². The summed E-state index contributed by atoms with van der Waals surface area (Å²) in [5, 5.41) is 4.09. The average molecular weight is 372 g/mol. The number of nitrogens with one attached hydrogen (secondary N) is 1. The number of benzene rings is 2. The van der Waals surface area contributed by atoms with E-state index < -0.39 is 0 Å². The highest BCUT2D eigenvalue weighted by molar-refractivity contribution is 6.05. The molecule has 1 fully saturated rings. The molecule has 142 valence electrons. The Balaban J connectivity index is 1.41. The van der Waals surface area contributed by atoms with Crippen LogP contribution in [-0.4, -0.2) is 53.9 Å². The van der Waals surface area contributed by atoms with E-state index in [1.807, 2.05) is 30.3 Å². The lowest BCUT2D eigenvalue weighted by Crippen LogP contribution is -2.43. The summed E-state index contributed by atoms with van der Waals surface area (Å²) in [4.78, 5) is 22.2. The molecule has 2 aliphatic rings. The average Bonchev–Trinajstić information content (AvgIpc) is 3.05. The van der Waals surface area contributed by atoms with Gasteiger partial charge in [0, 0.05) is 43.8 Å². The van der Waals surface area contributed by atoms with Crippen LogP contribution in [0.1, 0.15) is 22.7 Å².